The summed E-state index contributed by atoms with van der Waals surface area (Å²) in [6.07, 6.45) is 0.210. The Morgan fingerprint density at radius 2 is 1.78 bits per heavy atom. The van der Waals surface area contributed by atoms with Crippen molar-refractivity contribution in [2.75, 3.05) is 25.3 Å². The van der Waals surface area contributed by atoms with E-state index in [-0.39, 0.29) is 24.1 Å². The highest BCUT2D eigenvalue weighted by Gasteiger charge is 2.50. The third kappa shape index (κ3) is 3.64. The van der Waals surface area contributed by atoms with E-state index >= 15 is 0 Å². The lowest BCUT2D eigenvalue weighted by Crippen LogP contribution is -2.48. The maximum Gasteiger partial charge on any atom is 0.337 e. The third-order valence-corrected chi connectivity index (χ3v) is 3.83. The molecule has 8 heteroatoms. The summed E-state index contributed by atoms with van der Waals surface area (Å²) in [5, 5.41) is 2.35. The van der Waals surface area contributed by atoms with Gasteiger partial charge in [-0.1, -0.05) is 4.48 Å². The van der Waals surface area contributed by atoms with Gasteiger partial charge in [-0.15, -0.1) is 5.12 Å². The summed E-state index contributed by atoms with van der Waals surface area (Å²) in [6.45, 7) is 0.737. The van der Waals surface area contributed by atoms with Crippen LogP contribution in [0.25, 0.3) is 0 Å². The number of nitrogens with one attached hydrogen (secondary N) is 1. The van der Waals surface area contributed by atoms with E-state index in [1.165, 1.54) is 19.2 Å². The van der Waals surface area contributed by atoms with Gasteiger partial charge < -0.3 is 10.1 Å². The molecule has 1 aromatic carbocycles. The van der Waals surface area contributed by atoms with Crippen LogP contribution in [0.15, 0.2) is 24.3 Å². The van der Waals surface area contributed by atoms with Crippen molar-refractivity contribution < 1.29 is 27.6 Å². The second-order valence-corrected chi connectivity index (χ2v) is 5.27. The second-order valence-electron chi connectivity index (χ2n) is 5.27. The first kappa shape index (κ1) is 17.3. The number of carbonyl (C=O) groups excluding carboxylic acids is 2. The van der Waals surface area contributed by atoms with Gasteiger partial charge in [-0.2, -0.15) is 8.78 Å². The lowest BCUT2D eigenvalue weighted by molar-refractivity contribution is -0.155. The van der Waals surface area contributed by atoms with Gasteiger partial charge >= 0.3 is 17.8 Å². The highest BCUT2D eigenvalue weighted by molar-refractivity contribution is 5.97. The molecule has 0 bridgehead atoms. The van der Waals surface area contributed by atoms with Gasteiger partial charge in [0.2, 0.25) is 0 Å². The number of esters is 1. The number of benzene rings is 1. The second kappa shape index (κ2) is 6.99. The molecule has 5 nitrogen and oxygen atoms in total. The van der Waals surface area contributed by atoms with Crippen LogP contribution in [0.5, 0.6) is 0 Å². The third-order valence-electron chi connectivity index (χ3n) is 3.83. The minimum Gasteiger partial charge on any atom is -0.465 e. The van der Waals surface area contributed by atoms with Gasteiger partial charge in [0.05, 0.1) is 18.4 Å². The van der Waals surface area contributed by atoms with Crippen molar-refractivity contribution >= 4 is 17.6 Å². The number of rotatable bonds is 4. The Morgan fingerprint density at radius 1 is 1.22 bits per heavy atom. The molecule has 1 heterocycles. The van der Waals surface area contributed by atoms with Crippen LogP contribution in [0.1, 0.15) is 23.2 Å². The summed E-state index contributed by atoms with van der Waals surface area (Å²) in [7, 11) is 1.18. The molecule has 2 rings (SSSR count). The zero-order chi connectivity index (χ0) is 17.0. The van der Waals surface area contributed by atoms with Crippen LogP contribution in [0.4, 0.5) is 18.9 Å². The fourth-order valence-corrected chi connectivity index (χ4v) is 2.45. The number of carbonyl (C=O) groups is 2. The molecular weight excluding hydrogens is 313 g/mol. The topological polar surface area (TPSA) is 58.6 Å². The predicted molar refractivity (Wildman–Crippen MR) is 76.9 cm³/mol. The number of ether oxygens (including phenoxy) is 1. The molecule has 126 valence electrons. The number of nitrogens with zero attached hydrogens (tertiary/aromatic N) is 1. The number of piperidine rings is 1. The van der Waals surface area contributed by atoms with Crippen LogP contribution < -0.4 is 10.4 Å². The summed E-state index contributed by atoms with van der Waals surface area (Å²) < 4.78 is 46.9. The highest BCUT2D eigenvalue weighted by atomic mass is 19.3. The fraction of sp³-hybridized carbons (Fsp3) is 0.467. The number of halogens is 3. The summed E-state index contributed by atoms with van der Waals surface area (Å²) in [6, 6.07) is 4.54. The zero-order valence-corrected chi connectivity index (χ0v) is 12.5. The lowest BCUT2D eigenvalue weighted by atomic mass is 9.90. The molecule has 0 spiro atoms. The molecule has 1 aliphatic heterocycles. The Hall–Kier alpha value is -2.09. The van der Waals surface area contributed by atoms with Crippen molar-refractivity contribution in [2.45, 2.75) is 18.8 Å². The van der Waals surface area contributed by atoms with E-state index in [1.807, 2.05) is 0 Å². The van der Waals surface area contributed by atoms with E-state index in [0.717, 1.165) is 12.1 Å². The van der Waals surface area contributed by atoms with Crippen molar-refractivity contribution in [1.29, 1.82) is 0 Å². The summed E-state index contributed by atoms with van der Waals surface area (Å²) >= 11 is 0. The molecule has 1 saturated heterocycles. The Labute approximate surface area is 131 Å². The summed E-state index contributed by atoms with van der Waals surface area (Å²) in [5.41, 5.74) is -0.238. The number of alkyl halides is 2. The van der Waals surface area contributed by atoms with E-state index in [1.54, 1.807) is 0 Å². The number of anilines is 1. The smallest absolute Gasteiger partial charge is 0.337 e. The fourth-order valence-electron chi connectivity index (χ4n) is 2.45. The van der Waals surface area contributed by atoms with Crippen molar-refractivity contribution in [1.82, 2.24) is 5.32 Å². The molecule has 0 aromatic heterocycles. The normalized spacial score (nSPS) is 16.0. The van der Waals surface area contributed by atoms with Crippen LogP contribution in [0, 0.1) is 5.92 Å². The molecule has 0 unspecified atom stereocenters. The monoisotopic (exact) mass is 330 g/mol. The largest absolute Gasteiger partial charge is 0.465 e. The number of hydrogen-bond donors (Lipinski definition) is 1. The van der Waals surface area contributed by atoms with E-state index in [9.17, 15) is 22.9 Å². The molecular formula is C15H17F3N2O3. The van der Waals surface area contributed by atoms with Crippen LogP contribution >= 0.6 is 0 Å². The average molecular weight is 330 g/mol. The number of hydrogen-bond acceptors (Lipinski definition) is 4. The van der Waals surface area contributed by atoms with E-state index in [2.05, 4.69) is 10.1 Å². The van der Waals surface area contributed by atoms with Gasteiger partial charge in [-0.3, -0.25) is 4.79 Å². The lowest BCUT2D eigenvalue weighted by Gasteiger charge is -2.30. The van der Waals surface area contributed by atoms with E-state index < -0.39 is 28.8 Å². The molecule has 1 aromatic rings. The molecule has 1 fully saturated rings. The summed E-state index contributed by atoms with van der Waals surface area (Å²) in [5.74, 6) is -7.51. The van der Waals surface area contributed by atoms with Crippen molar-refractivity contribution in [2.24, 2.45) is 5.92 Å². The first-order valence-electron chi connectivity index (χ1n) is 7.15. The summed E-state index contributed by atoms with van der Waals surface area (Å²) in [4.78, 5) is 23.1. The van der Waals surface area contributed by atoms with Crippen LogP contribution in [0.3, 0.4) is 0 Å². The molecule has 1 aliphatic rings. The zero-order valence-electron chi connectivity index (χ0n) is 12.5. The molecule has 1 amide bonds. The van der Waals surface area contributed by atoms with Gasteiger partial charge in [0, 0.05) is 5.92 Å². The van der Waals surface area contributed by atoms with Gasteiger partial charge in [0.1, 0.15) is 0 Å². The van der Waals surface area contributed by atoms with Crippen molar-refractivity contribution in [3.05, 3.63) is 29.8 Å². The van der Waals surface area contributed by atoms with Gasteiger partial charge in [-0.05, 0) is 50.2 Å². The molecule has 0 atom stereocenters. The Kier molecular flexibility index (Phi) is 5.25. The van der Waals surface area contributed by atoms with E-state index in [0.29, 0.717) is 13.1 Å². The Balaban J connectivity index is 2.13. The van der Waals surface area contributed by atoms with Gasteiger partial charge in [-0.25, -0.2) is 4.79 Å². The van der Waals surface area contributed by atoms with Gasteiger partial charge in [0.15, 0.2) is 0 Å². The van der Waals surface area contributed by atoms with Crippen molar-refractivity contribution in [3.63, 3.8) is 0 Å². The first-order chi connectivity index (χ1) is 10.9. The molecule has 0 aliphatic carbocycles. The molecule has 0 saturated carbocycles. The highest BCUT2D eigenvalue weighted by Crippen LogP contribution is 2.34. The van der Waals surface area contributed by atoms with Crippen molar-refractivity contribution in [3.8, 4) is 0 Å². The SMILES string of the molecule is COC(=O)c1ccc(N(F)C(=O)C(F)(F)C2CCNCC2)cc1. The quantitative estimate of drug-likeness (QED) is 0.680. The van der Waals surface area contributed by atoms with Crippen LogP contribution in [-0.4, -0.2) is 38.0 Å². The standard InChI is InChI=1S/C15H17F3N2O3/c1-23-13(21)10-2-4-12(5-3-10)20(18)14(22)15(16,17)11-6-8-19-9-7-11/h2-5,11,19H,6-9H2,1H3. The molecule has 1 N–H and O–H groups in total. The minimum absolute atomic E-state index is 0.105. The Morgan fingerprint density at radius 3 is 2.30 bits per heavy atom. The number of amides is 1. The average Bonchev–Trinajstić information content (AvgIpc) is 2.60. The first-order valence-corrected chi connectivity index (χ1v) is 7.15. The maximum absolute atomic E-state index is 14.2. The maximum atomic E-state index is 14.2. The van der Waals surface area contributed by atoms with E-state index in [4.69, 9.17) is 0 Å². The van der Waals surface area contributed by atoms with Crippen LogP contribution in [0.2, 0.25) is 0 Å². The van der Waals surface area contributed by atoms with Crippen LogP contribution in [-0.2, 0) is 9.53 Å². The predicted octanol–water partition coefficient (Wildman–Crippen LogP) is 2.33. The Bertz CT molecular complexity index is 572. The number of methoxy groups -OCH3 is 1. The molecule has 0 radical (unpaired) electrons. The van der Waals surface area contributed by atoms with Gasteiger partial charge in [0.25, 0.3) is 0 Å². The minimum atomic E-state index is -3.78. The molecule has 23 heavy (non-hydrogen) atoms.